The van der Waals surface area contributed by atoms with E-state index in [1.807, 2.05) is 30.4 Å². The summed E-state index contributed by atoms with van der Waals surface area (Å²) in [4.78, 5) is 10.2. The third-order valence-electron chi connectivity index (χ3n) is 2.16. The lowest BCUT2D eigenvalue weighted by atomic mass is 10.1. The van der Waals surface area contributed by atoms with E-state index in [9.17, 15) is 4.79 Å². The Morgan fingerprint density at radius 3 is 2.65 bits per heavy atom. The number of primary amides is 1. The summed E-state index contributed by atoms with van der Waals surface area (Å²) in [5, 5.41) is 0. The first-order chi connectivity index (χ1) is 8.29. The predicted molar refractivity (Wildman–Crippen MR) is 67.6 cm³/mol. The van der Waals surface area contributed by atoms with Crippen molar-refractivity contribution in [3.63, 3.8) is 0 Å². The Hall–Kier alpha value is -1.99. The van der Waals surface area contributed by atoms with Crippen molar-refractivity contribution >= 4 is 6.09 Å². The van der Waals surface area contributed by atoms with Gasteiger partial charge in [-0.05, 0) is 30.6 Å². The summed E-state index contributed by atoms with van der Waals surface area (Å²) >= 11 is 0. The highest BCUT2D eigenvalue weighted by molar-refractivity contribution is 5.64. The van der Waals surface area contributed by atoms with Crippen molar-refractivity contribution in [2.24, 2.45) is 5.73 Å². The van der Waals surface area contributed by atoms with Crippen LogP contribution >= 0.6 is 0 Å². The van der Waals surface area contributed by atoms with E-state index in [1.54, 1.807) is 0 Å². The molecule has 0 unspecified atom stereocenters. The average molecular weight is 231 g/mol. The van der Waals surface area contributed by atoms with Gasteiger partial charge in [0.1, 0.15) is 0 Å². The van der Waals surface area contributed by atoms with Crippen LogP contribution < -0.4 is 5.73 Å². The van der Waals surface area contributed by atoms with Gasteiger partial charge in [0.25, 0.3) is 0 Å². The summed E-state index contributed by atoms with van der Waals surface area (Å²) in [6.07, 6.45) is 5.71. The summed E-state index contributed by atoms with van der Waals surface area (Å²) in [7, 11) is 0. The van der Waals surface area contributed by atoms with E-state index in [-0.39, 0.29) is 0 Å². The normalized spacial score (nSPS) is 9.18. The van der Waals surface area contributed by atoms with Gasteiger partial charge in [0.2, 0.25) is 0 Å². The fourth-order valence-corrected chi connectivity index (χ4v) is 1.35. The molecule has 3 heteroatoms. The van der Waals surface area contributed by atoms with Crippen LogP contribution in [0.3, 0.4) is 0 Å². The lowest BCUT2D eigenvalue weighted by Crippen LogP contribution is -2.13. The molecule has 0 saturated carbocycles. The van der Waals surface area contributed by atoms with Gasteiger partial charge in [-0.1, -0.05) is 30.3 Å². The maximum atomic E-state index is 10.2. The molecular weight excluding hydrogens is 214 g/mol. The van der Waals surface area contributed by atoms with E-state index in [0.717, 1.165) is 12.8 Å². The largest absolute Gasteiger partial charge is 0.449 e. The number of carbonyl (C=O) groups excluding carboxylic acids is 1. The maximum Gasteiger partial charge on any atom is 0.404 e. The standard InChI is InChI=1S/C14H17NO2/c15-14(16)17-12-8-3-1-2-5-9-13-10-6-4-7-11-13/h2-4,6-7,10-11H,5,8-9,12H2,(H2,15,16). The highest BCUT2D eigenvalue weighted by atomic mass is 16.5. The van der Waals surface area contributed by atoms with E-state index in [4.69, 9.17) is 5.73 Å². The number of carbonyl (C=O) groups is 1. The number of ether oxygens (including phenoxy) is 1. The molecule has 0 aliphatic heterocycles. The van der Waals surface area contributed by atoms with Crippen LogP contribution in [0.5, 0.6) is 0 Å². The molecule has 0 heterocycles. The Balaban J connectivity index is 2.13. The van der Waals surface area contributed by atoms with E-state index >= 15 is 0 Å². The number of aryl methyl sites for hydroxylation is 1. The lowest BCUT2D eigenvalue weighted by Gasteiger charge is -1.95. The molecule has 3 nitrogen and oxygen atoms in total. The molecule has 1 aromatic rings. The monoisotopic (exact) mass is 231 g/mol. The molecule has 2 N–H and O–H groups in total. The van der Waals surface area contributed by atoms with Gasteiger partial charge in [-0.3, -0.25) is 0 Å². The minimum atomic E-state index is -0.730. The summed E-state index contributed by atoms with van der Waals surface area (Å²) in [5.74, 6) is 0. The Labute approximate surface area is 102 Å². The molecule has 0 atom stereocenters. The van der Waals surface area contributed by atoms with Crippen molar-refractivity contribution < 1.29 is 9.53 Å². The van der Waals surface area contributed by atoms with Crippen LogP contribution in [-0.4, -0.2) is 12.7 Å². The minimum Gasteiger partial charge on any atom is -0.449 e. The van der Waals surface area contributed by atoms with Gasteiger partial charge in [0.05, 0.1) is 6.61 Å². The SMILES string of the molecule is NC(=O)OCCC=C=CCCc1ccccc1. The summed E-state index contributed by atoms with van der Waals surface area (Å²) in [5.41, 5.74) is 9.19. The van der Waals surface area contributed by atoms with Gasteiger partial charge in [-0.15, -0.1) is 5.73 Å². The molecule has 0 aliphatic carbocycles. The van der Waals surface area contributed by atoms with E-state index in [1.165, 1.54) is 5.56 Å². The van der Waals surface area contributed by atoms with E-state index < -0.39 is 6.09 Å². The topological polar surface area (TPSA) is 52.3 Å². The van der Waals surface area contributed by atoms with Gasteiger partial charge < -0.3 is 10.5 Å². The van der Waals surface area contributed by atoms with Crippen LogP contribution in [-0.2, 0) is 11.2 Å². The number of hydrogen-bond acceptors (Lipinski definition) is 2. The number of rotatable bonds is 6. The molecule has 0 bridgehead atoms. The van der Waals surface area contributed by atoms with Gasteiger partial charge in [-0.25, -0.2) is 4.79 Å². The first-order valence-corrected chi connectivity index (χ1v) is 5.64. The molecule has 0 aromatic heterocycles. The second kappa shape index (κ2) is 8.20. The van der Waals surface area contributed by atoms with Crippen molar-refractivity contribution in [3.05, 3.63) is 53.8 Å². The molecule has 1 aromatic carbocycles. The molecular formula is C14H17NO2. The van der Waals surface area contributed by atoms with Gasteiger partial charge in [0.15, 0.2) is 0 Å². The Bertz CT molecular complexity index is 392. The molecule has 0 radical (unpaired) electrons. The average Bonchev–Trinajstić information content (AvgIpc) is 2.33. The Morgan fingerprint density at radius 1 is 1.24 bits per heavy atom. The molecule has 0 fully saturated rings. The molecule has 0 spiro atoms. The van der Waals surface area contributed by atoms with Crippen molar-refractivity contribution in [1.29, 1.82) is 0 Å². The fourth-order valence-electron chi connectivity index (χ4n) is 1.35. The first-order valence-electron chi connectivity index (χ1n) is 5.64. The maximum absolute atomic E-state index is 10.2. The van der Waals surface area contributed by atoms with Crippen LogP contribution in [0.4, 0.5) is 4.79 Å². The summed E-state index contributed by atoms with van der Waals surface area (Å²) in [6, 6.07) is 10.3. The second-order valence-electron chi connectivity index (χ2n) is 3.56. The van der Waals surface area contributed by atoms with Crippen LogP contribution in [0.15, 0.2) is 48.2 Å². The zero-order valence-corrected chi connectivity index (χ0v) is 9.76. The smallest absolute Gasteiger partial charge is 0.404 e. The number of amides is 1. The van der Waals surface area contributed by atoms with Crippen LogP contribution in [0.25, 0.3) is 0 Å². The van der Waals surface area contributed by atoms with Crippen molar-refractivity contribution in [1.82, 2.24) is 0 Å². The Morgan fingerprint density at radius 2 is 1.94 bits per heavy atom. The van der Waals surface area contributed by atoms with Crippen LogP contribution in [0.2, 0.25) is 0 Å². The van der Waals surface area contributed by atoms with Crippen molar-refractivity contribution in [2.75, 3.05) is 6.61 Å². The molecule has 1 amide bonds. The molecule has 1 rings (SSSR count). The number of benzene rings is 1. The highest BCUT2D eigenvalue weighted by Crippen LogP contribution is 2.02. The number of hydrogen-bond donors (Lipinski definition) is 1. The van der Waals surface area contributed by atoms with E-state index in [0.29, 0.717) is 13.0 Å². The van der Waals surface area contributed by atoms with Crippen molar-refractivity contribution in [2.45, 2.75) is 19.3 Å². The second-order valence-corrected chi connectivity index (χ2v) is 3.56. The molecule has 0 aliphatic rings. The predicted octanol–water partition coefficient (Wildman–Crippen LogP) is 2.82. The summed E-state index contributed by atoms with van der Waals surface area (Å²) in [6.45, 7) is 0.314. The Kier molecular flexibility index (Phi) is 6.30. The third-order valence-corrected chi connectivity index (χ3v) is 2.16. The van der Waals surface area contributed by atoms with Crippen LogP contribution in [0.1, 0.15) is 18.4 Å². The highest BCUT2D eigenvalue weighted by Gasteiger charge is 1.89. The molecule has 0 saturated heterocycles. The fraction of sp³-hybridized carbons (Fsp3) is 0.286. The molecule has 17 heavy (non-hydrogen) atoms. The minimum absolute atomic E-state index is 0.314. The lowest BCUT2D eigenvalue weighted by molar-refractivity contribution is 0.159. The number of nitrogens with two attached hydrogens (primary N) is 1. The van der Waals surface area contributed by atoms with E-state index in [2.05, 4.69) is 22.6 Å². The first kappa shape index (κ1) is 13.1. The summed E-state index contributed by atoms with van der Waals surface area (Å²) < 4.78 is 4.57. The van der Waals surface area contributed by atoms with Gasteiger partial charge >= 0.3 is 6.09 Å². The van der Waals surface area contributed by atoms with Gasteiger partial charge in [0, 0.05) is 6.42 Å². The zero-order chi connectivity index (χ0) is 12.3. The van der Waals surface area contributed by atoms with Crippen molar-refractivity contribution in [3.8, 4) is 0 Å². The van der Waals surface area contributed by atoms with Crippen LogP contribution in [0, 0.1) is 0 Å². The van der Waals surface area contributed by atoms with Gasteiger partial charge in [-0.2, -0.15) is 0 Å². The molecule has 90 valence electrons. The quantitative estimate of drug-likeness (QED) is 0.604. The third kappa shape index (κ3) is 6.98. The zero-order valence-electron chi connectivity index (χ0n) is 9.76.